The minimum atomic E-state index is -3.06. The van der Waals surface area contributed by atoms with Gasteiger partial charge in [-0.2, -0.15) is 5.10 Å². The number of methoxy groups -OCH3 is 1. The fourth-order valence-corrected chi connectivity index (χ4v) is 6.04. The van der Waals surface area contributed by atoms with Gasteiger partial charge in [0.2, 0.25) is 0 Å². The summed E-state index contributed by atoms with van der Waals surface area (Å²) in [7, 11) is -1.45. The van der Waals surface area contributed by atoms with Crippen molar-refractivity contribution in [2.75, 3.05) is 18.6 Å². The first-order chi connectivity index (χ1) is 15.3. The van der Waals surface area contributed by atoms with Crippen molar-refractivity contribution in [2.24, 2.45) is 0 Å². The number of aromatic nitrogens is 3. The minimum Gasteiger partial charge on any atom is -0.497 e. The Bertz CT molecular complexity index is 1290. The normalized spacial score (nSPS) is 19.9. The number of aryl methyl sites for hydroxylation is 1. The molecule has 5 rings (SSSR count). The summed E-state index contributed by atoms with van der Waals surface area (Å²) >= 11 is 0. The number of amides is 1. The molecule has 1 N–H and O–H groups in total. The van der Waals surface area contributed by atoms with Crippen LogP contribution in [0, 0.1) is 6.92 Å². The number of hydrogen-bond donors (Lipinski definition) is 1. The van der Waals surface area contributed by atoms with Gasteiger partial charge in [-0.15, -0.1) is 0 Å². The number of carbonyl (C=O) groups excluding carboxylic acids is 1. The van der Waals surface area contributed by atoms with Crippen molar-refractivity contribution >= 4 is 26.8 Å². The average molecular weight is 455 g/mol. The highest BCUT2D eigenvalue weighted by Crippen LogP contribution is 2.41. The summed E-state index contributed by atoms with van der Waals surface area (Å²) in [5, 5.41) is 8.34. The van der Waals surface area contributed by atoms with Gasteiger partial charge in [0.25, 0.3) is 5.91 Å². The second-order valence-electron chi connectivity index (χ2n) is 8.69. The van der Waals surface area contributed by atoms with Gasteiger partial charge in [0.05, 0.1) is 41.3 Å². The zero-order chi connectivity index (χ0) is 22.5. The van der Waals surface area contributed by atoms with Crippen LogP contribution >= 0.6 is 0 Å². The average Bonchev–Trinajstić information content (AvgIpc) is 3.50. The van der Waals surface area contributed by atoms with E-state index in [1.807, 2.05) is 37.3 Å². The van der Waals surface area contributed by atoms with E-state index in [0.717, 1.165) is 29.8 Å². The Kier molecular flexibility index (Phi) is 5.16. The SMILES string of the molecule is COc1ccc(CNC(=O)c2cc(C3CC3)nc3c2c(C)nn3[C@H]2CCS(=O)(=O)C2)cc1. The molecule has 0 unspecified atom stereocenters. The van der Waals surface area contributed by atoms with Crippen molar-refractivity contribution in [2.45, 2.75) is 44.7 Å². The van der Waals surface area contributed by atoms with Crippen LogP contribution in [-0.2, 0) is 16.4 Å². The summed E-state index contributed by atoms with van der Waals surface area (Å²) < 4.78 is 31.0. The van der Waals surface area contributed by atoms with Crippen molar-refractivity contribution in [3.05, 3.63) is 52.8 Å². The second-order valence-corrected chi connectivity index (χ2v) is 10.9. The van der Waals surface area contributed by atoms with E-state index in [1.165, 1.54) is 0 Å². The summed E-state index contributed by atoms with van der Waals surface area (Å²) in [4.78, 5) is 18.1. The molecule has 168 valence electrons. The zero-order valence-corrected chi connectivity index (χ0v) is 19.0. The molecule has 32 heavy (non-hydrogen) atoms. The maximum Gasteiger partial charge on any atom is 0.252 e. The summed E-state index contributed by atoms with van der Waals surface area (Å²) in [6.45, 7) is 2.24. The number of benzene rings is 1. The van der Waals surface area contributed by atoms with E-state index in [2.05, 4.69) is 10.4 Å². The predicted molar refractivity (Wildman–Crippen MR) is 121 cm³/mol. The summed E-state index contributed by atoms with van der Waals surface area (Å²) in [6, 6.07) is 9.20. The number of nitrogens with one attached hydrogen (secondary N) is 1. The molecule has 1 saturated heterocycles. The fourth-order valence-electron chi connectivity index (χ4n) is 4.34. The molecule has 8 nitrogen and oxygen atoms in total. The molecule has 1 aromatic carbocycles. The Hall–Kier alpha value is -2.94. The Morgan fingerprint density at radius 1 is 1.22 bits per heavy atom. The van der Waals surface area contributed by atoms with E-state index < -0.39 is 9.84 Å². The van der Waals surface area contributed by atoms with Gasteiger partial charge in [-0.05, 0) is 49.9 Å². The van der Waals surface area contributed by atoms with Crippen molar-refractivity contribution < 1.29 is 17.9 Å². The Morgan fingerprint density at radius 2 is 1.97 bits per heavy atom. The van der Waals surface area contributed by atoms with Crippen LogP contribution in [0.2, 0.25) is 0 Å². The Balaban J connectivity index is 1.49. The molecule has 9 heteroatoms. The number of carbonyl (C=O) groups is 1. The highest BCUT2D eigenvalue weighted by Gasteiger charge is 2.34. The van der Waals surface area contributed by atoms with Gasteiger partial charge < -0.3 is 10.1 Å². The van der Waals surface area contributed by atoms with E-state index >= 15 is 0 Å². The van der Waals surface area contributed by atoms with Gasteiger partial charge in [0.1, 0.15) is 5.75 Å². The molecule has 2 fully saturated rings. The molecule has 0 spiro atoms. The standard InChI is InChI=1S/C23H26N4O4S/c1-14-21-19(23(28)24-12-15-3-7-18(31-2)8-4-15)11-20(16-5-6-16)25-22(21)27(26-14)17-9-10-32(29,30)13-17/h3-4,7-8,11,16-17H,5-6,9-10,12-13H2,1-2H3,(H,24,28)/t17-/m0/s1. The number of nitrogens with zero attached hydrogens (tertiary/aromatic N) is 3. The molecular formula is C23H26N4O4S. The topological polar surface area (TPSA) is 103 Å². The smallest absolute Gasteiger partial charge is 0.252 e. The molecule has 1 saturated carbocycles. The summed E-state index contributed by atoms with van der Waals surface area (Å²) in [5.74, 6) is 1.16. The molecule has 3 aromatic rings. The first-order valence-corrected chi connectivity index (χ1v) is 12.7. The summed E-state index contributed by atoms with van der Waals surface area (Å²) in [5.41, 5.74) is 3.71. The lowest BCUT2D eigenvalue weighted by atomic mass is 10.1. The number of rotatable bonds is 6. The third kappa shape index (κ3) is 3.97. The van der Waals surface area contributed by atoms with Crippen LogP contribution in [0.15, 0.2) is 30.3 Å². The van der Waals surface area contributed by atoms with Crippen LogP contribution in [-0.4, -0.2) is 47.7 Å². The molecule has 0 bridgehead atoms. The zero-order valence-electron chi connectivity index (χ0n) is 18.2. The largest absolute Gasteiger partial charge is 0.497 e. The minimum absolute atomic E-state index is 0.0670. The highest BCUT2D eigenvalue weighted by atomic mass is 32.2. The molecule has 0 radical (unpaired) electrons. The van der Waals surface area contributed by atoms with Gasteiger partial charge in [-0.1, -0.05) is 12.1 Å². The molecule has 1 aliphatic carbocycles. The highest BCUT2D eigenvalue weighted by molar-refractivity contribution is 7.91. The quantitative estimate of drug-likeness (QED) is 0.614. The van der Waals surface area contributed by atoms with Crippen molar-refractivity contribution in [3.8, 4) is 5.75 Å². The van der Waals surface area contributed by atoms with Crippen molar-refractivity contribution in [1.82, 2.24) is 20.1 Å². The second kappa shape index (κ2) is 7.88. The van der Waals surface area contributed by atoms with Crippen LogP contribution < -0.4 is 10.1 Å². The molecule has 3 heterocycles. The van der Waals surface area contributed by atoms with Crippen LogP contribution in [0.5, 0.6) is 5.75 Å². The Labute approximate surface area is 186 Å². The number of hydrogen-bond acceptors (Lipinski definition) is 6. The van der Waals surface area contributed by atoms with E-state index in [0.29, 0.717) is 41.2 Å². The molecule has 1 atom stereocenters. The van der Waals surface area contributed by atoms with Crippen LogP contribution in [0.25, 0.3) is 11.0 Å². The summed E-state index contributed by atoms with van der Waals surface area (Å²) in [6.07, 6.45) is 2.62. The molecule has 2 aromatic heterocycles. The molecule has 1 amide bonds. The van der Waals surface area contributed by atoms with Gasteiger partial charge >= 0.3 is 0 Å². The first kappa shape index (κ1) is 20.9. The maximum absolute atomic E-state index is 13.2. The van der Waals surface area contributed by atoms with Crippen LogP contribution in [0.1, 0.15) is 58.5 Å². The van der Waals surface area contributed by atoms with Crippen molar-refractivity contribution in [3.63, 3.8) is 0 Å². The molecule has 1 aliphatic heterocycles. The Morgan fingerprint density at radius 3 is 2.59 bits per heavy atom. The first-order valence-electron chi connectivity index (χ1n) is 10.9. The van der Waals surface area contributed by atoms with Crippen LogP contribution in [0.3, 0.4) is 0 Å². The van der Waals surface area contributed by atoms with Crippen molar-refractivity contribution in [1.29, 1.82) is 0 Å². The van der Waals surface area contributed by atoms with E-state index in [1.54, 1.807) is 11.8 Å². The number of sulfone groups is 1. The van der Waals surface area contributed by atoms with E-state index in [-0.39, 0.29) is 23.5 Å². The fraction of sp³-hybridized carbons (Fsp3) is 0.435. The molecule has 2 aliphatic rings. The van der Waals surface area contributed by atoms with Crippen LogP contribution in [0.4, 0.5) is 0 Å². The molecular weight excluding hydrogens is 428 g/mol. The van der Waals surface area contributed by atoms with Gasteiger partial charge in [-0.25, -0.2) is 18.1 Å². The number of ether oxygens (including phenoxy) is 1. The third-order valence-electron chi connectivity index (χ3n) is 6.26. The lowest BCUT2D eigenvalue weighted by Crippen LogP contribution is -2.23. The number of pyridine rings is 1. The maximum atomic E-state index is 13.2. The van der Waals surface area contributed by atoms with Gasteiger partial charge in [0.15, 0.2) is 15.5 Å². The van der Waals surface area contributed by atoms with E-state index in [4.69, 9.17) is 9.72 Å². The van der Waals surface area contributed by atoms with Gasteiger partial charge in [0, 0.05) is 18.2 Å². The third-order valence-corrected chi connectivity index (χ3v) is 8.01. The van der Waals surface area contributed by atoms with E-state index in [9.17, 15) is 13.2 Å². The lowest BCUT2D eigenvalue weighted by molar-refractivity contribution is 0.0952. The van der Waals surface area contributed by atoms with Gasteiger partial charge in [-0.3, -0.25) is 4.79 Å². The lowest BCUT2D eigenvalue weighted by Gasteiger charge is -2.12. The monoisotopic (exact) mass is 454 g/mol. The predicted octanol–water partition coefficient (Wildman–Crippen LogP) is 2.92. The number of fused-ring (bicyclic) bond motifs is 1.